The summed E-state index contributed by atoms with van der Waals surface area (Å²) >= 11 is 1.89. The normalized spacial score (nSPS) is 23.0. The molecule has 0 spiro atoms. The van der Waals surface area contributed by atoms with Crippen LogP contribution in [-0.2, 0) is 11.3 Å². The first-order valence-electron chi connectivity index (χ1n) is 7.82. The molecule has 0 radical (unpaired) electrons. The van der Waals surface area contributed by atoms with Gasteiger partial charge in [0.05, 0.1) is 17.8 Å². The molecule has 2 nitrogen and oxygen atoms in total. The van der Waals surface area contributed by atoms with Gasteiger partial charge in [0.15, 0.2) is 0 Å². The van der Waals surface area contributed by atoms with Crippen LogP contribution in [0.5, 0.6) is 0 Å². The van der Waals surface area contributed by atoms with Crippen molar-refractivity contribution in [2.75, 3.05) is 5.06 Å². The van der Waals surface area contributed by atoms with Crippen molar-refractivity contribution in [1.82, 2.24) is 0 Å². The zero-order chi connectivity index (χ0) is 14.7. The second-order valence-electron chi connectivity index (χ2n) is 6.25. The van der Waals surface area contributed by atoms with Crippen LogP contribution in [0.1, 0.15) is 27.8 Å². The van der Waals surface area contributed by atoms with Crippen LogP contribution in [0.15, 0.2) is 48.5 Å². The van der Waals surface area contributed by atoms with E-state index in [2.05, 4.69) is 60.5 Å². The van der Waals surface area contributed by atoms with E-state index in [1.807, 2.05) is 11.3 Å². The Morgan fingerprint density at radius 1 is 1.09 bits per heavy atom. The summed E-state index contributed by atoms with van der Waals surface area (Å²) in [5.74, 6) is 0. The zero-order valence-corrected chi connectivity index (χ0v) is 13.3. The topological polar surface area (TPSA) is 12.5 Å². The van der Waals surface area contributed by atoms with Crippen LogP contribution >= 0.6 is 11.3 Å². The molecule has 3 aromatic rings. The molecule has 22 heavy (non-hydrogen) atoms. The molecule has 1 aromatic heterocycles. The summed E-state index contributed by atoms with van der Waals surface area (Å²) < 4.78 is 0. The van der Waals surface area contributed by atoms with Gasteiger partial charge in [-0.2, -0.15) is 0 Å². The molecule has 1 saturated heterocycles. The van der Waals surface area contributed by atoms with Crippen molar-refractivity contribution in [3.05, 3.63) is 63.8 Å². The van der Waals surface area contributed by atoms with Gasteiger partial charge in [0.1, 0.15) is 0 Å². The van der Waals surface area contributed by atoms with Gasteiger partial charge < -0.3 is 0 Å². The predicted octanol–water partition coefficient (Wildman–Crippen LogP) is 5.02. The maximum absolute atomic E-state index is 6.25. The molecule has 2 bridgehead atoms. The van der Waals surface area contributed by atoms with Crippen molar-refractivity contribution in [2.24, 2.45) is 0 Å². The van der Waals surface area contributed by atoms with Gasteiger partial charge in [-0.05, 0) is 30.0 Å². The smallest absolute Gasteiger partial charge is 0.0933 e. The van der Waals surface area contributed by atoms with Gasteiger partial charge in [-0.25, -0.2) is 5.06 Å². The van der Waals surface area contributed by atoms with Gasteiger partial charge in [-0.15, -0.1) is 11.3 Å². The van der Waals surface area contributed by atoms with Crippen molar-refractivity contribution >= 4 is 27.8 Å². The first-order valence-corrected chi connectivity index (χ1v) is 8.64. The number of hydroxylamine groups is 1. The predicted molar refractivity (Wildman–Crippen MR) is 91.4 cm³/mol. The highest BCUT2D eigenvalue weighted by molar-refractivity contribution is 7.12. The summed E-state index contributed by atoms with van der Waals surface area (Å²) in [6.45, 7) is 2.18. The summed E-state index contributed by atoms with van der Waals surface area (Å²) in [6, 6.07) is 18.0. The van der Waals surface area contributed by atoms with E-state index in [-0.39, 0.29) is 0 Å². The number of benzene rings is 2. The minimum absolute atomic E-state index is 0.320. The van der Waals surface area contributed by atoms with Gasteiger partial charge in [0, 0.05) is 28.0 Å². The van der Waals surface area contributed by atoms with Gasteiger partial charge in [-0.1, -0.05) is 36.4 Å². The number of hydrogen-bond acceptors (Lipinski definition) is 3. The highest BCUT2D eigenvalue weighted by atomic mass is 32.1. The SMILES string of the molecule is Cc1ccc([C@@H]2C[C@@H]3Cc4ccc5ccccc5c4N2O3)s1. The van der Waals surface area contributed by atoms with Crippen molar-refractivity contribution in [1.29, 1.82) is 0 Å². The maximum Gasteiger partial charge on any atom is 0.0933 e. The van der Waals surface area contributed by atoms with E-state index in [9.17, 15) is 0 Å². The van der Waals surface area contributed by atoms with Crippen LogP contribution in [0.4, 0.5) is 5.69 Å². The van der Waals surface area contributed by atoms with Gasteiger partial charge in [0.25, 0.3) is 0 Å². The largest absolute Gasteiger partial charge is 0.269 e. The van der Waals surface area contributed by atoms with Crippen LogP contribution < -0.4 is 5.06 Å². The molecule has 5 rings (SSSR count). The van der Waals surface area contributed by atoms with Crippen LogP contribution in [0.25, 0.3) is 10.8 Å². The Morgan fingerprint density at radius 2 is 2.00 bits per heavy atom. The van der Waals surface area contributed by atoms with E-state index in [0.29, 0.717) is 12.1 Å². The quantitative estimate of drug-likeness (QED) is 0.626. The molecular weight excluding hydrogens is 290 g/mol. The second-order valence-corrected chi connectivity index (χ2v) is 7.57. The van der Waals surface area contributed by atoms with Gasteiger partial charge in [-0.3, -0.25) is 4.84 Å². The third-order valence-electron chi connectivity index (χ3n) is 4.77. The van der Waals surface area contributed by atoms with E-state index in [0.717, 1.165) is 12.8 Å². The Morgan fingerprint density at radius 3 is 2.86 bits per heavy atom. The number of fused-ring (bicyclic) bond motifs is 6. The van der Waals surface area contributed by atoms with Crippen LogP contribution in [0.2, 0.25) is 0 Å². The van der Waals surface area contributed by atoms with Crippen molar-refractivity contribution in [3.8, 4) is 0 Å². The summed E-state index contributed by atoms with van der Waals surface area (Å²) in [5.41, 5.74) is 2.70. The van der Waals surface area contributed by atoms with Crippen LogP contribution in [0, 0.1) is 6.92 Å². The first kappa shape index (κ1) is 12.7. The third-order valence-corrected chi connectivity index (χ3v) is 5.88. The zero-order valence-electron chi connectivity index (χ0n) is 12.5. The fraction of sp³-hybridized carbons (Fsp3) is 0.263. The number of rotatable bonds is 1. The Bertz CT molecular complexity index is 869. The standard InChI is InChI=1S/C19H17NOS/c1-12-6-9-18(22-12)17-11-15-10-14-8-7-13-4-2-3-5-16(13)19(14)20(17)21-15/h2-9,15,17H,10-11H2,1H3/t15-,17-/m0/s1. The molecule has 2 atom stereocenters. The van der Waals surface area contributed by atoms with E-state index < -0.39 is 0 Å². The van der Waals surface area contributed by atoms with Gasteiger partial charge >= 0.3 is 0 Å². The minimum Gasteiger partial charge on any atom is -0.269 e. The molecule has 2 aromatic carbocycles. The molecular formula is C19H17NOS. The summed E-state index contributed by atoms with van der Waals surface area (Å²) in [5, 5.41) is 4.78. The van der Waals surface area contributed by atoms with Crippen LogP contribution in [-0.4, -0.2) is 6.10 Å². The Hall–Kier alpha value is -1.84. The van der Waals surface area contributed by atoms with Crippen molar-refractivity contribution in [3.63, 3.8) is 0 Å². The molecule has 0 amide bonds. The van der Waals surface area contributed by atoms with E-state index >= 15 is 0 Å². The third kappa shape index (κ3) is 1.76. The lowest BCUT2D eigenvalue weighted by Crippen LogP contribution is -2.27. The van der Waals surface area contributed by atoms with E-state index in [4.69, 9.17) is 4.84 Å². The minimum atomic E-state index is 0.320. The number of nitrogens with zero attached hydrogens (tertiary/aromatic N) is 1. The number of aryl methyl sites for hydroxylation is 1. The molecule has 3 heterocycles. The molecule has 0 saturated carbocycles. The molecule has 2 aliphatic heterocycles. The maximum atomic E-state index is 6.25. The summed E-state index contributed by atoms with van der Waals surface area (Å²) in [7, 11) is 0. The number of hydrogen-bond donors (Lipinski definition) is 0. The van der Waals surface area contributed by atoms with Crippen molar-refractivity contribution < 1.29 is 4.84 Å². The van der Waals surface area contributed by atoms with Crippen LogP contribution in [0.3, 0.4) is 0 Å². The molecule has 0 unspecified atom stereocenters. The number of thiophene rings is 1. The summed E-state index contributed by atoms with van der Waals surface area (Å²) in [6.07, 6.45) is 2.43. The lowest BCUT2D eigenvalue weighted by atomic mass is 9.99. The Balaban J connectivity index is 1.70. The molecule has 110 valence electrons. The van der Waals surface area contributed by atoms with Gasteiger partial charge in [0.2, 0.25) is 0 Å². The van der Waals surface area contributed by atoms with Crippen molar-refractivity contribution in [2.45, 2.75) is 31.9 Å². The highest BCUT2D eigenvalue weighted by Crippen LogP contribution is 2.48. The molecule has 0 aliphatic carbocycles. The fourth-order valence-electron chi connectivity index (χ4n) is 3.79. The van der Waals surface area contributed by atoms with E-state index in [1.54, 1.807) is 0 Å². The number of anilines is 1. The monoisotopic (exact) mass is 307 g/mol. The fourth-order valence-corrected chi connectivity index (χ4v) is 4.76. The second kappa shape index (κ2) is 4.58. The molecule has 1 fully saturated rings. The highest BCUT2D eigenvalue weighted by Gasteiger charge is 2.41. The molecule has 3 heteroatoms. The lowest BCUT2D eigenvalue weighted by molar-refractivity contribution is 0.0742. The molecule has 0 N–H and O–H groups in total. The Kier molecular flexibility index (Phi) is 2.64. The Labute approximate surface area is 133 Å². The van der Waals surface area contributed by atoms with E-state index in [1.165, 1.54) is 31.8 Å². The average molecular weight is 307 g/mol. The first-order chi connectivity index (χ1) is 10.8. The molecule has 2 aliphatic rings. The lowest BCUT2D eigenvalue weighted by Gasteiger charge is -2.31. The summed E-state index contributed by atoms with van der Waals surface area (Å²) in [4.78, 5) is 9.04. The average Bonchev–Trinajstić information content (AvgIpc) is 3.11.